The van der Waals surface area contributed by atoms with E-state index in [4.69, 9.17) is 16.3 Å². The second-order valence-corrected chi connectivity index (χ2v) is 7.16. The van der Waals surface area contributed by atoms with Gasteiger partial charge in [-0.2, -0.15) is 0 Å². The number of anilines is 1. The number of nitrogens with zero attached hydrogens (tertiary/aromatic N) is 1. The fourth-order valence-corrected chi connectivity index (χ4v) is 3.24. The van der Waals surface area contributed by atoms with Crippen molar-refractivity contribution in [3.05, 3.63) is 76.6 Å². The van der Waals surface area contributed by atoms with Crippen molar-refractivity contribution in [2.24, 2.45) is 0 Å². The summed E-state index contributed by atoms with van der Waals surface area (Å²) in [6.45, 7) is 1.51. The van der Waals surface area contributed by atoms with Crippen LogP contribution in [0.4, 0.5) is 5.13 Å². The molecule has 7 heteroatoms. The van der Waals surface area contributed by atoms with Crippen molar-refractivity contribution in [1.82, 2.24) is 4.98 Å². The molecular formula is C21H17ClN2O3S. The van der Waals surface area contributed by atoms with Crippen molar-refractivity contribution < 1.29 is 14.3 Å². The second kappa shape index (κ2) is 9.30. The lowest BCUT2D eigenvalue weighted by molar-refractivity contribution is -0.148. The summed E-state index contributed by atoms with van der Waals surface area (Å²) in [6.07, 6.45) is 1.87. The van der Waals surface area contributed by atoms with E-state index < -0.39 is 18.0 Å². The van der Waals surface area contributed by atoms with Crippen molar-refractivity contribution >= 4 is 46.0 Å². The van der Waals surface area contributed by atoms with E-state index in [9.17, 15) is 9.59 Å². The molecule has 0 bridgehead atoms. The van der Waals surface area contributed by atoms with Crippen LogP contribution in [0.1, 0.15) is 12.5 Å². The molecule has 0 aliphatic rings. The van der Waals surface area contributed by atoms with Crippen molar-refractivity contribution in [3.8, 4) is 11.3 Å². The Bertz CT molecular complexity index is 1000. The molecule has 142 valence electrons. The Kier molecular flexibility index (Phi) is 6.57. The van der Waals surface area contributed by atoms with Gasteiger partial charge in [-0.1, -0.05) is 54.1 Å². The minimum Gasteiger partial charge on any atom is -0.449 e. The first kappa shape index (κ1) is 19.8. The fraction of sp³-hybridized carbons (Fsp3) is 0.0952. The maximum Gasteiger partial charge on any atom is 0.331 e. The van der Waals surface area contributed by atoms with Gasteiger partial charge in [0.15, 0.2) is 11.2 Å². The number of hydrogen-bond donors (Lipinski definition) is 1. The lowest BCUT2D eigenvalue weighted by Gasteiger charge is -2.10. The first-order valence-corrected chi connectivity index (χ1v) is 9.73. The maximum atomic E-state index is 12.2. The molecule has 0 aliphatic carbocycles. The van der Waals surface area contributed by atoms with Gasteiger partial charge in [0.05, 0.1) is 5.69 Å². The third-order valence-corrected chi connectivity index (χ3v) is 4.72. The van der Waals surface area contributed by atoms with E-state index in [-0.39, 0.29) is 0 Å². The first-order valence-electron chi connectivity index (χ1n) is 8.47. The normalized spacial score (nSPS) is 11.9. The summed E-state index contributed by atoms with van der Waals surface area (Å²) in [5.41, 5.74) is 2.50. The largest absolute Gasteiger partial charge is 0.449 e. The van der Waals surface area contributed by atoms with Crippen molar-refractivity contribution in [2.75, 3.05) is 5.32 Å². The monoisotopic (exact) mass is 412 g/mol. The molecule has 0 aliphatic heterocycles. The van der Waals surface area contributed by atoms with E-state index in [0.717, 1.165) is 16.8 Å². The quantitative estimate of drug-likeness (QED) is 0.454. The van der Waals surface area contributed by atoms with Crippen LogP contribution in [0.15, 0.2) is 66.1 Å². The van der Waals surface area contributed by atoms with E-state index >= 15 is 0 Å². The van der Waals surface area contributed by atoms with Gasteiger partial charge in [0.1, 0.15) is 0 Å². The molecule has 0 saturated heterocycles. The van der Waals surface area contributed by atoms with Gasteiger partial charge < -0.3 is 4.74 Å². The molecule has 1 N–H and O–H groups in total. The third kappa shape index (κ3) is 5.52. The number of thiazole rings is 1. The van der Waals surface area contributed by atoms with Crippen LogP contribution in [-0.2, 0) is 14.3 Å². The summed E-state index contributed by atoms with van der Waals surface area (Å²) >= 11 is 7.20. The lowest BCUT2D eigenvalue weighted by Crippen LogP contribution is -2.29. The average molecular weight is 413 g/mol. The zero-order valence-corrected chi connectivity index (χ0v) is 16.5. The van der Waals surface area contributed by atoms with Crippen LogP contribution in [0.25, 0.3) is 17.3 Å². The van der Waals surface area contributed by atoms with Gasteiger partial charge in [-0.25, -0.2) is 9.78 Å². The Labute approximate surface area is 171 Å². The van der Waals surface area contributed by atoms with E-state index in [1.807, 2.05) is 35.7 Å². The standard InChI is InChI=1S/C21H17ClN2O3S/c1-14(27-19(25)11-10-15-6-5-9-17(22)12-15)20(26)24-21-23-18(13-28-21)16-7-3-2-4-8-16/h2-14H,1H3,(H,23,24,26)/b11-10+/t14-/m0/s1. The first-order chi connectivity index (χ1) is 13.5. The van der Waals surface area contributed by atoms with Gasteiger partial charge >= 0.3 is 5.97 Å². The molecule has 5 nitrogen and oxygen atoms in total. The predicted molar refractivity (Wildman–Crippen MR) is 112 cm³/mol. The average Bonchev–Trinajstić information content (AvgIpc) is 3.15. The van der Waals surface area contributed by atoms with Gasteiger partial charge in [-0.15, -0.1) is 11.3 Å². The Morgan fingerprint density at radius 1 is 1.18 bits per heavy atom. The number of carbonyl (C=O) groups excluding carboxylic acids is 2. The molecule has 1 atom stereocenters. The van der Waals surface area contributed by atoms with Gasteiger partial charge in [0.2, 0.25) is 0 Å². The highest BCUT2D eigenvalue weighted by Crippen LogP contribution is 2.24. The van der Waals surface area contributed by atoms with Crippen LogP contribution in [0, 0.1) is 0 Å². The molecule has 2 aromatic carbocycles. The molecule has 0 saturated carbocycles. The second-order valence-electron chi connectivity index (χ2n) is 5.86. The smallest absolute Gasteiger partial charge is 0.331 e. The summed E-state index contributed by atoms with van der Waals surface area (Å²) in [5.74, 6) is -1.06. The van der Waals surface area contributed by atoms with Crippen molar-refractivity contribution in [1.29, 1.82) is 0 Å². The number of halogens is 1. The molecule has 1 amide bonds. The summed E-state index contributed by atoms with van der Waals surface area (Å²) in [4.78, 5) is 28.6. The number of rotatable bonds is 6. The number of aromatic nitrogens is 1. The van der Waals surface area contributed by atoms with Gasteiger partial charge in [-0.3, -0.25) is 10.1 Å². The number of nitrogens with one attached hydrogen (secondary N) is 1. The van der Waals surface area contributed by atoms with Gasteiger partial charge in [0, 0.05) is 22.0 Å². The molecule has 1 aromatic heterocycles. The molecule has 3 rings (SSSR count). The minimum absolute atomic E-state index is 0.446. The van der Waals surface area contributed by atoms with Gasteiger partial charge in [0.25, 0.3) is 5.91 Å². The van der Waals surface area contributed by atoms with Crippen LogP contribution < -0.4 is 5.32 Å². The maximum absolute atomic E-state index is 12.2. The Balaban J connectivity index is 1.54. The highest BCUT2D eigenvalue weighted by atomic mass is 35.5. The number of esters is 1. The third-order valence-electron chi connectivity index (χ3n) is 3.73. The predicted octanol–water partition coefficient (Wildman–Crippen LogP) is 5.05. The minimum atomic E-state index is -0.958. The van der Waals surface area contributed by atoms with Crippen LogP contribution >= 0.6 is 22.9 Å². The summed E-state index contributed by atoms with van der Waals surface area (Å²) in [6, 6.07) is 16.7. The summed E-state index contributed by atoms with van der Waals surface area (Å²) in [7, 11) is 0. The Hall–Kier alpha value is -2.96. The molecule has 0 unspecified atom stereocenters. The van der Waals surface area contributed by atoms with Gasteiger partial charge in [-0.05, 0) is 30.7 Å². The van der Waals surface area contributed by atoms with Crippen molar-refractivity contribution in [2.45, 2.75) is 13.0 Å². The molecule has 0 fully saturated rings. The van der Waals surface area contributed by atoms with E-state index in [0.29, 0.717) is 10.2 Å². The number of carbonyl (C=O) groups is 2. The van der Waals surface area contributed by atoms with Crippen LogP contribution in [0.3, 0.4) is 0 Å². The zero-order chi connectivity index (χ0) is 19.9. The number of ether oxygens (including phenoxy) is 1. The van der Waals surface area contributed by atoms with Crippen LogP contribution in [0.5, 0.6) is 0 Å². The number of amides is 1. The van der Waals surface area contributed by atoms with Crippen LogP contribution in [0.2, 0.25) is 5.02 Å². The molecule has 0 radical (unpaired) electrons. The molecule has 3 aromatic rings. The molecule has 28 heavy (non-hydrogen) atoms. The van der Waals surface area contributed by atoms with E-state index in [1.54, 1.807) is 30.3 Å². The summed E-state index contributed by atoms with van der Waals surface area (Å²) < 4.78 is 5.13. The molecule has 0 spiro atoms. The van der Waals surface area contributed by atoms with E-state index in [2.05, 4.69) is 10.3 Å². The lowest BCUT2D eigenvalue weighted by atomic mass is 10.2. The Morgan fingerprint density at radius 3 is 2.71 bits per heavy atom. The topological polar surface area (TPSA) is 68.3 Å². The van der Waals surface area contributed by atoms with E-state index in [1.165, 1.54) is 24.3 Å². The number of benzene rings is 2. The van der Waals surface area contributed by atoms with Crippen LogP contribution in [-0.4, -0.2) is 23.0 Å². The molecular weight excluding hydrogens is 396 g/mol. The number of hydrogen-bond acceptors (Lipinski definition) is 5. The zero-order valence-electron chi connectivity index (χ0n) is 15.0. The highest BCUT2D eigenvalue weighted by molar-refractivity contribution is 7.14. The Morgan fingerprint density at radius 2 is 1.96 bits per heavy atom. The highest BCUT2D eigenvalue weighted by Gasteiger charge is 2.18. The summed E-state index contributed by atoms with van der Waals surface area (Å²) in [5, 5.41) is 5.54. The SMILES string of the molecule is C[C@H](OC(=O)/C=C/c1cccc(Cl)c1)C(=O)Nc1nc(-c2ccccc2)cs1. The molecule has 1 heterocycles. The van der Waals surface area contributed by atoms with Crippen molar-refractivity contribution in [3.63, 3.8) is 0 Å². The fourth-order valence-electron chi connectivity index (χ4n) is 2.32.